The number of hydrogen-bond acceptors (Lipinski definition) is 7. The number of ether oxygens (including phenoxy) is 1. The Kier molecular flexibility index (Phi) is 4.89. The van der Waals surface area contributed by atoms with E-state index in [1.165, 1.54) is 0 Å². The third kappa shape index (κ3) is 4.03. The van der Waals surface area contributed by atoms with Crippen LogP contribution in [0.5, 0.6) is 6.01 Å². The summed E-state index contributed by atoms with van der Waals surface area (Å²) in [7, 11) is 3.53. The van der Waals surface area contributed by atoms with Crippen LogP contribution in [-0.4, -0.2) is 53.4 Å². The van der Waals surface area contributed by atoms with E-state index in [9.17, 15) is 5.11 Å². The first-order chi connectivity index (χ1) is 8.06. The molecule has 0 aliphatic carbocycles. The fraction of sp³-hybridized carbons (Fsp3) is 0.700. The van der Waals surface area contributed by atoms with Crippen molar-refractivity contribution >= 4 is 11.9 Å². The molecule has 2 N–H and O–H groups in total. The van der Waals surface area contributed by atoms with E-state index in [1.807, 2.05) is 6.92 Å². The summed E-state index contributed by atoms with van der Waals surface area (Å²) in [5.74, 6) is 0.907. The van der Waals surface area contributed by atoms with Gasteiger partial charge in [0.15, 0.2) is 0 Å². The Hall–Kier alpha value is -1.63. The van der Waals surface area contributed by atoms with Crippen LogP contribution in [0.1, 0.15) is 13.8 Å². The van der Waals surface area contributed by atoms with Crippen molar-refractivity contribution < 1.29 is 9.84 Å². The van der Waals surface area contributed by atoms with Gasteiger partial charge in [-0.3, -0.25) is 0 Å². The van der Waals surface area contributed by atoms with Crippen molar-refractivity contribution in [3.8, 4) is 6.01 Å². The minimum Gasteiger partial charge on any atom is -0.464 e. The van der Waals surface area contributed by atoms with Crippen LogP contribution in [0.15, 0.2) is 0 Å². The lowest BCUT2D eigenvalue weighted by Crippen LogP contribution is -2.28. The molecule has 0 aliphatic heterocycles. The third-order valence-corrected chi connectivity index (χ3v) is 1.98. The van der Waals surface area contributed by atoms with E-state index in [0.717, 1.165) is 0 Å². The molecule has 0 radical (unpaired) electrons. The molecule has 0 aliphatic rings. The van der Waals surface area contributed by atoms with Crippen molar-refractivity contribution in [3.63, 3.8) is 0 Å². The first kappa shape index (κ1) is 13.4. The molecule has 0 saturated heterocycles. The van der Waals surface area contributed by atoms with Crippen LogP contribution in [0.4, 0.5) is 11.9 Å². The number of nitrogens with one attached hydrogen (secondary N) is 1. The second-order valence-electron chi connectivity index (χ2n) is 3.65. The highest BCUT2D eigenvalue weighted by Crippen LogP contribution is 2.13. The summed E-state index contributed by atoms with van der Waals surface area (Å²) in [6.45, 7) is 4.51. The molecule has 0 bridgehead atoms. The first-order valence-corrected chi connectivity index (χ1v) is 5.52. The van der Waals surface area contributed by atoms with Gasteiger partial charge in [0.05, 0.1) is 12.7 Å². The molecule has 1 aromatic heterocycles. The smallest absolute Gasteiger partial charge is 0.323 e. The van der Waals surface area contributed by atoms with Gasteiger partial charge in [0.2, 0.25) is 11.9 Å². The molecular weight excluding hydrogens is 222 g/mol. The van der Waals surface area contributed by atoms with E-state index < -0.39 is 6.10 Å². The normalized spacial score (nSPS) is 12.1. The molecule has 0 saturated carbocycles. The van der Waals surface area contributed by atoms with Crippen molar-refractivity contribution in [2.45, 2.75) is 20.0 Å². The minimum atomic E-state index is -0.453. The molecular formula is C10H19N5O2. The maximum Gasteiger partial charge on any atom is 0.323 e. The van der Waals surface area contributed by atoms with E-state index >= 15 is 0 Å². The predicted molar refractivity (Wildman–Crippen MR) is 65.5 cm³/mol. The summed E-state index contributed by atoms with van der Waals surface area (Å²) in [5.41, 5.74) is 0. The maximum atomic E-state index is 9.32. The van der Waals surface area contributed by atoms with Gasteiger partial charge in [-0.05, 0) is 13.8 Å². The quantitative estimate of drug-likeness (QED) is 0.732. The van der Waals surface area contributed by atoms with E-state index in [-0.39, 0.29) is 6.01 Å². The predicted octanol–water partition coefficient (Wildman–Crippen LogP) is 0.129. The second-order valence-corrected chi connectivity index (χ2v) is 3.65. The van der Waals surface area contributed by atoms with Gasteiger partial charge in [-0.15, -0.1) is 0 Å². The molecule has 96 valence electrons. The number of rotatable bonds is 6. The van der Waals surface area contributed by atoms with Crippen LogP contribution in [0.3, 0.4) is 0 Å². The van der Waals surface area contributed by atoms with Crippen molar-refractivity contribution in [1.82, 2.24) is 15.0 Å². The highest BCUT2D eigenvalue weighted by Gasteiger charge is 2.11. The molecule has 7 heteroatoms. The lowest BCUT2D eigenvalue weighted by molar-refractivity contribution is 0.201. The molecule has 0 amide bonds. The molecule has 7 nitrogen and oxygen atoms in total. The topological polar surface area (TPSA) is 83.4 Å². The number of likely N-dealkylation sites (N-methyl/N-ethyl adjacent to an activating group) is 1. The van der Waals surface area contributed by atoms with Crippen LogP contribution in [0.2, 0.25) is 0 Å². The molecule has 1 aromatic rings. The lowest BCUT2D eigenvalue weighted by atomic mass is 10.4. The summed E-state index contributed by atoms with van der Waals surface area (Å²) >= 11 is 0. The SMILES string of the molecule is CCOc1nc(NC)nc(N(C)CC(C)O)n1. The molecule has 17 heavy (non-hydrogen) atoms. The van der Waals surface area contributed by atoms with E-state index in [2.05, 4.69) is 20.3 Å². The van der Waals surface area contributed by atoms with E-state index in [4.69, 9.17) is 4.74 Å². The highest BCUT2D eigenvalue weighted by atomic mass is 16.5. The zero-order chi connectivity index (χ0) is 12.8. The van der Waals surface area contributed by atoms with Crippen LogP contribution < -0.4 is 15.0 Å². The van der Waals surface area contributed by atoms with Crippen molar-refractivity contribution in [3.05, 3.63) is 0 Å². The lowest BCUT2D eigenvalue weighted by Gasteiger charge is -2.19. The molecule has 1 unspecified atom stereocenters. The monoisotopic (exact) mass is 241 g/mol. The maximum absolute atomic E-state index is 9.32. The number of aliphatic hydroxyl groups is 1. The van der Waals surface area contributed by atoms with Crippen LogP contribution in [0.25, 0.3) is 0 Å². The molecule has 1 rings (SSSR count). The van der Waals surface area contributed by atoms with Crippen molar-refractivity contribution in [1.29, 1.82) is 0 Å². The molecule has 0 aromatic carbocycles. The Morgan fingerprint density at radius 3 is 2.65 bits per heavy atom. The van der Waals surface area contributed by atoms with E-state index in [0.29, 0.717) is 25.0 Å². The van der Waals surface area contributed by atoms with Gasteiger partial charge in [0.25, 0.3) is 0 Å². The Morgan fingerprint density at radius 1 is 1.41 bits per heavy atom. The standard InChI is InChI=1S/C10H19N5O2/c1-5-17-10-13-8(11-3)12-9(14-10)15(4)6-7(2)16/h7,16H,5-6H2,1-4H3,(H,11,12,13,14). The van der Waals surface area contributed by atoms with Gasteiger partial charge >= 0.3 is 6.01 Å². The Bertz CT molecular complexity index is 359. The van der Waals surface area contributed by atoms with Crippen molar-refractivity contribution in [2.75, 3.05) is 37.5 Å². The largest absolute Gasteiger partial charge is 0.464 e. The summed E-state index contributed by atoms with van der Waals surface area (Å²) < 4.78 is 5.25. The number of anilines is 2. The van der Waals surface area contributed by atoms with Crippen LogP contribution in [0, 0.1) is 0 Å². The number of hydrogen-bond donors (Lipinski definition) is 2. The summed E-state index contributed by atoms with van der Waals surface area (Å²) in [5, 5.41) is 12.2. The van der Waals surface area contributed by atoms with E-state index in [1.54, 1.807) is 25.9 Å². The fourth-order valence-corrected chi connectivity index (χ4v) is 1.30. The zero-order valence-corrected chi connectivity index (χ0v) is 10.6. The second kappa shape index (κ2) is 6.19. The molecule has 1 atom stereocenters. The fourth-order valence-electron chi connectivity index (χ4n) is 1.30. The van der Waals surface area contributed by atoms with Gasteiger partial charge in [0.1, 0.15) is 0 Å². The molecule has 0 fully saturated rings. The highest BCUT2D eigenvalue weighted by molar-refractivity contribution is 5.37. The molecule has 0 spiro atoms. The van der Waals surface area contributed by atoms with Gasteiger partial charge in [-0.1, -0.05) is 0 Å². The Balaban J connectivity index is 2.93. The zero-order valence-electron chi connectivity index (χ0n) is 10.6. The van der Waals surface area contributed by atoms with Gasteiger partial charge in [0, 0.05) is 20.6 Å². The average Bonchev–Trinajstić information content (AvgIpc) is 2.28. The number of nitrogens with zero attached hydrogens (tertiary/aromatic N) is 4. The third-order valence-electron chi connectivity index (χ3n) is 1.98. The number of aliphatic hydroxyl groups excluding tert-OH is 1. The van der Waals surface area contributed by atoms with Gasteiger partial charge in [-0.25, -0.2) is 0 Å². The Morgan fingerprint density at radius 2 is 2.12 bits per heavy atom. The summed E-state index contributed by atoms with van der Waals surface area (Å²) in [6.07, 6.45) is -0.453. The van der Waals surface area contributed by atoms with Gasteiger partial charge < -0.3 is 20.1 Å². The minimum absolute atomic E-state index is 0.277. The van der Waals surface area contributed by atoms with Crippen molar-refractivity contribution in [2.24, 2.45) is 0 Å². The van der Waals surface area contributed by atoms with Crippen LogP contribution >= 0.6 is 0 Å². The Labute approximate surface area is 101 Å². The summed E-state index contributed by atoms with van der Waals surface area (Å²) in [4.78, 5) is 14.1. The molecule has 1 heterocycles. The van der Waals surface area contributed by atoms with Gasteiger partial charge in [-0.2, -0.15) is 15.0 Å². The number of aromatic nitrogens is 3. The van der Waals surface area contributed by atoms with Crippen LogP contribution in [-0.2, 0) is 0 Å². The average molecular weight is 241 g/mol. The summed E-state index contributed by atoms with van der Waals surface area (Å²) in [6, 6.07) is 0.277. The first-order valence-electron chi connectivity index (χ1n) is 5.52.